The van der Waals surface area contributed by atoms with Crippen LogP contribution in [-0.2, 0) is 22.6 Å². The van der Waals surface area contributed by atoms with Crippen molar-refractivity contribution in [2.24, 2.45) is 0 Å². The van der Waals surface area contributed by atoms with E-state index in [0.717, 1.165) is 36.1 Å². The molecule has 1 aliphatic rings. The lowest BCUT2D eigenvalue weighted by Crippen LogP contribution is -2.52. The van der Waals surface area contributed by atoms with Crippen molar-refractivity contribution < 1.29 is 9.59 Å². The van der Waals surface area contributed by atoms with Gasteiger partial charge >= 0.3 is 0 Å². The highest BCUT2D eigenvalue weighted by atomic mass is 35.5. The molecule has 4 rings (SSSR count). The molecule has 2 amide bonds. The number of thioether (sulfide) groups is 1. The maximum absolute atomic E-state index is 13.8. The number of rotatable bonds is 11. The molecule has 37 heavy (non-hydrogen) atoms. The van der Waals surface area contributed by atoms with Gasteiger partial charge in [-0.25, -0.2) is 0 Å². The van der Waals surface area contributed by atoms with Gasteiger partial charge in [-0.15, -0.1) is 11.8 Å². The zero-order valence-electron chi connectivity index (χ0n) is 20.7. The maximum atomic E-state index is 13.8. The van der Waals surface area contributed by atoms with E-state index in [9.17, 15) is 9.59 Å². The van der Waals surface area contributed by atoms with Crippen molar-refractivity contribution in [1.82, 2.24) is 10.2 Å². The molecule has 0 saturated heterocycles. The van der Waals surface area contributed by atoms with E-state index in [1.165, 1.54) is 0 Å². The summed E-state index contributed by atoms with van der Waals surface area (Å²) in [4.78, 5) is 30.3. The molecule has 3 aromatic carbocycles. The predicted octanol–water partition coefficient (Wildman–Crippen LogP) is 7.17. The Labute approximate surface area is 233 Å². The van der Waals surface area contributed by atoms with Gasteiger partial charge in [0, 0.05) is 51.7 Å². The lowest BCUT2D eigenvalue weighted by molar-refractivity contribution is -0.141. The van der Waals surface area contributed by atoms with Crippen LogP contribution in [0.2, 0.25) is 10.0 Å². The molecule has 1 fully saturated rings. The first-order chi connectivity index (χ1) is 18.0. The van der Waals surface area contributed by atoms with E-state index in [-0.39, 0.29) is 24.4 Å². The Morgan fingerprint density at radius 3 is 2.16 bits per heavy atom. The Morgan fingerprint density at radius 1 is 0.892 bits per heavy atom. The van der Waals surface area contributed by atoms with Gasteiger partial charge < -0.3 is 10.2 Å². The molecule has 0 heterocycles. The molecule has 0 spiro atoms. The van der Waals surface area contributed by atoms with Gasteiger partial charge in [0.15, 0.2) is 0 Å². The Bertz CT molecular complexity index is 1150. The van der Waals surface area contributed by atoms with E-state index in [0.29, 0.717) is 34.2 Å². The fraction of sp³-hybridized carbons (Fsp3) is 0.333. The van der Waals surface area contributed by atoms with Gasteiger partial charge in [-0.1, -0.05) is 90.6 Å². The number of hydrogen-bond donors (Lipinski definition) is 1. The fourth-order valence-corrected chi connectivity index (χ4v) is 6.07. The number of nitrogens with zero attached hydrogens (tertiary/aromatic N) is 1. The van der Waals surface area contributed by atoms with E-state index in [4.69, 9.17) is 23.2 Å². The van der Waals surface area contributed by atoms with Gasteiger partial charge in [0.25, 0.3) is 0 Å². The van der Waals surface area contributed by atoms with Crippen LogP contribution < -0.4 is 5.32 Å². The average Bonchev–Trinajstić information content (AvgIpc) is 3.42. The number of amides is 2. The summed E-state index contributed by atoms with van der Waals surface area (Å²) in [6.07, 6.45) is 4.89. The van der Waals surface area contributed by atoms with Crippen LogP contribution in [0.1, 0.15) is 43.2 Å². The van der Waals surface area contributed by atoms with Crippen LogP contribution in [0.3, 0.4) is 0 Å². The zero-order valence-corrected chi connectivity index (χ0v) is 23.1. The van der Waals surface area contributed by atoms with Crippen molar-refractivity contribution >= 4 is 46.8 Å². The minimum Gasteiger partial charge on any atom is -0.352 e. The standard InChI is InChI=1S/C30H32Cl2N2O2S/c31-26-16-9-17-27(32)25(26)21-34(29(35)18-19-37-24-14-5-2-6-15-24)28(20-22-10-3-1-4-11-22)30(36)33-23-12-7-8-13-23/h1-6,9-11,14-17,23,28H,7-8,12-13,18-21H2,(H,33,36)/t28-/m0/s1. The molecular formula is C30H32Cl2N2O2S. The first-order valence-electron chi connectivity index (χ1n) is 12.8. The van der Waals surface area contributed by atoms with Gasteiger partial charge in [0.05, 0.1) is 0 Å². The summed E-state index contributed by atoms with van der Waals surface area (Å²) < 4.78 is 0. The smallest absolute Gasteiger partial charge is 0.243 e. The third-order valence-electron chi connectivity index (χ3n) is 6.69. The summed E-state index contributed by atoms with van der Waals surface area (Å²) in [5, 5.41) is 4.20. The Hall–Kier alpha value is -2.47. The topological polar surface area (TPSA) is 49.4 Å². The summed E-state index contributed by atoms with van der Waals surface area (Å²) in [6.45, 7) is 0.170. The highest BCUT2D eigenvalue weighted by molar-refractivity contribution is 7.99. The summed E-state index contributed by atoms with van der Waals surface area (Å²) in [6, 6.07) is 24.6. The van der Waals surface area contributed by atoms with Crippen LogP contribution in [-0.4, -0.2) is 34.6 Å². The largest absolute Gasteiger partial charge is 0.352 e. The van der Waals surface area contributed by atoms with Gasteiger partial charge in [0.1, 0.15) is 6.04 Å². The third-order valence-corrected chi connectivity index (χ3v) is 8.41. The van der Waals surface area contributed by atoms with Gasteiger partial charge in [-0.2, -0.15) is 0 Å². The second kappa shape index (κ2) is 13.9. The lowest BCUT2D eigenvalue weighted by Gasteiger charge is -2.33. The van der Waals surface area contributed by atoms with E-state index >= 15 is 0 Å². The Balaban J connectivity index is 1.60. The Morgan fingerprint density at radius 2 is 1.51 bits per heavy atom. The minimum absolute atomic E-state index is 0.0954. The molecule has 1 saturated carbocycles. The molecular weight excluding hydrogens is 523 g/mol. The SMILES string of the molecule is O=C(NC1CCCC1)[C@H](Cc1ccccc1)N(Cc1c(Cl)cccc1Cl)C(=O)CCSc1ccccc1. The number of halogens is 2. The number of carbonyl (C=O) groups excluding carboxylic acids is 2. The third kappa shape index (κ3) is 8.00. The maximum Gasteiger partial charge on any atom is 0.243 e. The van der Waals surface area contributed by atoms with Gasteiger partial charge in [-0.3, -0.25) is 9.59 Å². The fourth-order valence-electron chi connectivity index (χ4n) is 4.69. The predicted molar refractivity (Wildman–Crippen MR) is 153 cm³/mol. The summed E-state index contributed by atoms with van der Waals surface area (Å²) >= 11 is 14.7. The molecule has 4 nitrogen and oxygen atoms in total. The molecule has 0 bridgehead atoms. The van der Waals surface area contributed by atoms with Crippen LogP contribution in [0, 0.1) is 0 Å². The summed E-state index contributed by atoms with van der Waals surface area (Å²) in [7, 11) is 0. The molecule has 0 aromatic heterocycles. The molecule has 1 aliphatic carbocycles. The number of carbonyl (C=O) groups is 2. The van der Waals surface area contributed by atoms with Crippen molar-refractivity contribution in [2.75, 3.05) is 5.75 Å². The molecule has 1 atom stereocenters. The van der Waals surface area contributed by atoms with Crippen LogP contribution in [0.5, 0.6) is 0 Å². The molecule has 0 radical (unpaired) electrons. The van der Waals surface area contributed by atoms with Crippen molar-refractivity contribution in [3.05, 3.63) is 100 Å². The number of nitrogens with one attached hydrogen (secondary N) is 1. The lowest BCUT2D eigenvalue weighted by atomic mass is 10.0. The quantitative estimate of drug-likeness (QED) is 0.255. The normalized spacial score (nSPS) is 14.3. The molecule has 0 aliphatic heterocycles. The highest BCUT2D eigenvalue weighted by Crippen LogP contribution is 2.28. The molecule has 1 N–H and O–H groups in total. The van der Waals surface area contributed by atoms with Crippen LogP contribution >= 0.6 is 35.0 Å². The first-order valence-corrected chi connectivity index (χ1v) is 14.5. The van der Waals surface area contributed by atoms with Gasteiger partial charge in [-0.05, 0) is 42.7 Å². The van der Waals surface area contributed by atoms with Crippen LogP contribution in [0.15, 0.2) is 83.8 Å². The van der Waals surface area contributed by atoms with Crippen LogP contribution in [0.25, 0.3) is 0 Å². The number of hydrogen-bond acceptors (Lipinski definition) is 3. The second-order valence-electron chi connectivity index (χ2n) is 9.33. The Kier molecular flexibility index (Phi) is 10.4. The number of benzene rings is 3. The first kappa shape index (κ1) is 27.6. The van der Waals surface area contributed by atoms with Crippen molar-refractivity contribution in [3.63, 3.8) is 0 Å². The van der Waals surface area contributed by atoms with Crippen molar-refractivity contribution in [3.8, 4) is 0 Å². The minimum atomic E-state index is -0.676. The van der Waals surface area contributed by atoms with Crippen molar-refractivity contribution in [2.45, 2.75) is 62.0 Å². The second-order valence-corrected chi connectivity index (χ2v) is 11.3. The monoisotopic (exact) mass is 554 g/mol. The van der Waals surface area contributed by atoms with Crippen molar-refractivity contribution in [1.29, 1.82) is 0 Å². The average molecular weight is 556 g/mol. The summed E-state index contributed by atoms with van der Waals surface area (Å²) in [5.41, 5.74) is 1.65. The van der Waals surface area contributed by atoms with E-state index in [2.05, 4.69) is 5.32 Å². The molecule has 3 aromatic rings. The van der Waals surface area contributed by atoms with Crippen LogP contribution in [0.4, 0.5) is 0 Å². The zero-order chi connectivity index (χ0) is 26.0. The molecule has 0 unspecified atom stereocenters. The van der Waals surface area contributed by atoms with E-state index in [1.54, 1.807) is 34.9 Å². The summed E-state index contributed by atoms with van der Waals surface area (Å²) in [5.74, 6) is 0.391. The van der Waals surface area contributed by atoms with E-state index < -0.39 is 6.04 Å². The highest BCUT2D eigenvalue weighted by Gasteiger charge is 2.32. The van der Waals surface area contributed by atoms with Gasteiger partial charge in [0.2, 0.25) is 11.8 Å². The molecule has 7 heteroatoms. The molecule has 194 valence electrons. The van der Waals surface area contributed by atoms with E-state index in [1.807, 2.05) is 60.7 Å².